The smallest absolute Gasteiger partial charge is 0.0236 e. The van der Waals surface area contributed by atoms with Gasteiger partial charge in [-0.05, 0) is 49.2 Å². The maximum absolute atomic E-state index is 3.62. The van der Waals surface area contributed by atoms with Gasteiger partial charge < -0.3 is 15.5 Å². The Balaban J connectivity index is 1.89. The Bertz CT molecular complexity index is 507. The van der Waals surface area contributed by atoms with Gasteiger partial charge in [0.2, 0.25) is 0 Å². The first-order chi connectivity index (χ1) is 9.78. The maximum Gasteiger partial charge on any atom is 0.0236 e. The number of nitrogens with one attached hydrogen (secondary N) is 2. The van der Waals surface area contributed by atoms with Crippen molar-refractivity contribution in [1.82, 2.24) is 15.5 Å². The summed E-state index contributed by atoms with van der Waals surface area (Å²) < 4.78 is 0. The van der Waals surface area contributed by atoms with Gasteiger partial charge in [0.1, 0.15) is 0 Å². The molecule has 0 bridgehead atoms. The van der Waals surface area contributed by atoms with Gasteiger partial charge in [0.05, 0.1) is 0 Å². The van der Waals surface area contributed by atoms with Gasteiger partial charge in [0.15, 0.2) is 0 Å². The summed E-state index contributed by atoms with van der Waals surface area (Å²) in [7, 11) is 4.23. The van der Waals surface area contributed by atoms with Crippen LogP contribution in [0.4, 0.5) is 0 Å². The topological polar surface area (TPSA) is 27.3 Å². The molecule has 20 heavy (non-hydrogen) atoms. The third-order valence-electron chi connectivity index (χ3n) is 4.51. The van der Waals surface area contributed by atoms with E-state index in [1.807, 2.05) is 7.05 Å². The Morgan fingerprint density at radius 1 is 1.40 bits per heavy atom. The van der Waals surface area contributed by atoms with Crippen molar-refractivity contribution in [3.63, 3.8) is 0 Å². The lowest BCUT2D eigenvalue weighted by Gasteiger charge is -2.30. The summed E-state index contributed by atoms with van der Waals surface area (Å²) in [5.41, 5.74) is 6.10. The predicted molar refractivity (Wildman–Crippen MR) is 84.8 cm³/mol. The van der Waals surface area contributed by atoms with Crippen LogP contribution in [-0.2, 0) is 13.0 Å². The van der Waals surface area contributed by atoms with Crippen LogP contribution < -0.4 is 10.6 Å². The van der Waals surface area contributed by atoms with Crippen molar-refractivity contribution in [1.29, 1.82) is 0 Å². The molecule has 1 atom stereocenters. The third-order valence-corrected chi connectivity index (χ3v) is 4.51. The first kappa shape index (κ1) is 13.8. The molecule has 2 aliphatic heterocycles. The largest absolute Gasteiger partial charge is 0.318 e. The van der Waals surface area contributed by atoms with Gasteiger partial charge >= 0.3 is 0 Å². The Kier molecular flexibility index (Phi) is 4.20. The second-order valence-corrected chi connectivity index (χ2v) is 6.02. The quantitative estimate of drug-likeness (QED) is 0.875. The van der Waals surface area contributed by atoms with Crippen LogP contribution in [0.25, 0.3) is 5.57 Å². The average Bonchev–Trinajstić information content (AvgIpc) is 2.48. The summed E-state index contributed by atoms with van der Waals surface area (Å²) in [6, 6.07) is 7.36. The third kappa shape index (κ3) is 2.80. The number of hydrogen-bond donors (Lipinski definition) is 2. The standard InChI is InChI=1S/C17H25N3/c1-18-12-15-10-17-14(11-19-15)4-3-5-16(17)13-6-8-20(2)9-7-13/h3-6,15,18-19H,7-12H2,1-2H3. The molecule has 108 valence electrons. The Hall–Kier alpha value is -1.16. The number of benzene rings is 1. The van der Waals surface area contributed by atoms with Crippen LogP contribution in [0.3, 0.4) is 0 Å². The molecule has 0 saturated heterocycles. The van der Waals surface area contributed by atoms with Crippen molar-refractivity contribution >= 4 is 5.57 Å². The Morgan fingerprint density at radius 3 is 3.05 bits per heavy atom. The summed E-state index contributed by atoms with van der Waals surface area (Å²) in [4.78, 5) is 2.38. The van der Waals surface area contributed by atoms with Gasteiger partial charge in [0.25, 0.3) is 0 Å². The fourth-order valence-corrected chi connectivity index (χ4v) is 3.32. The second kappa shape index (κ2) is 6.08. The lowest BCUT2D eigenvalue weighted by Crippen LogP contribution is -2.42. The number of rotatable bonds is 3. The molecule has 1 unspecified atom stereocenters. The van der Waals surface area contributed by atoms with Crippen LogP contribution >= 0.6 is 0 Å². The molecule has 3 rings (SSSR count). The van der Waals surface area contributed by atoms with Crippen molar-refractivity contribution < 1.29 is 0 Å². The lowest BCUT2D eigenvalue weighted by molar-refractivity contribution is 0.370. The van der Waals surface area contributed by atoms with Gasteiger partial charge in [-0.1, -0.05) is 24.3 Å². The van der Waals surface area contributed by atoms with E-state index in [-0.39, 0.29) is 0 Å². The zero-order valence-corrected chi connectivity index (χ0v) is 12.6. The first-order valence-corrected chi connectivity index (χ1v) is 7.64. The van der Waals surface area contributed by atoms with Crippen LogP contribution in [0.1, 0.15) is 23.1 Å². The molecule has 2 heterocycles. The van der Waals surface area contributed by atoms with E-state index in [9.17, 15) is 0 Å². The van der Waals surface area contributed by atoms with Crippen LogP contribution in [0.15, 0.2) is 24.3 Å². The molecular formula is C17H25N3. The molecule has 0 amide bonds. The number of likely N-dealkylation sites (N-methyl/N-ethyl adjacent to an activating group) is 2. The van der Waals surface area contributed by atoms with Crippen LogP contribution in [-0.4, -0.2) is 44.7 Å². The van der Waals surface area contributed by atoms with Crippen molar-refractivity contribution in [2.45, 2.75) is 25.4 Å². The normalized spacial score (nSPS) is 23.3. The van der Waals surface area contributed by atoms with E-state index in [2.05, 4.69) is 46.9 Å². The molecular weight excluding hydrogens is 246 g/mol. The van der Waals surface area contributed by atoms with Crippen LogP contribution in [0.5, 0.6) is 0 Å². The highest BCUT2D eigenvalue weighted by atomic mass is 15.1. The van der Waals surface area contributed by atoms with E-state index in [1.54, 1.807) is 11.1 Å². The Morgan fingerprint density at radius 2 is 2.30 bits per heavy atom. The van der Waals surface area contributed by atoms with Crippen molar-refractivity contribution in [3.05, 3.63) is 41.0 Å². The van der Waals surface area contributed by atoms with Crippen molar-refractivity contribution in [3.8, 4) is 0 Å². The zero-order chi connectivity index (χ0) is 13.9. The van der Waals surface area contributed by atoms with Crippen LogP contribution in [0, 0.1) is 0 Å². The summed E-state index contributed by atoms with van der Waals surface area (Å²) in [5.74, 6) is 0. The fourth-order valence-electron chi connectivity index (χ4n) is 3.32. The van der Waals surface area contributed by atoms with Gasteiger partial charge in [-0.15, -0.1) is 0 Å². The second-order valence-electron chi connectivity index (χ2n) is 6.02. The first-order valence-electron chi connectivity index (χ1n) is 7.64. The summed E-state index contributed by atoms with van der Waals surface area (Å²) >= 11 is 0. The van der Waals surface area contributed by atoms with Crippen molar-refractivity contribution in [2.24, 2.45) is 0 Å². The van der Waals surface area contributed by atoms with E-state index in [1.165, 1.54) is 24.1 Å². The molecule has 0 saturated carbocycles. The molecule has 0 fully saturated rings. The molecule has 2 N–H and O–H groups in total. The summed E-state index contributed by atoms with van der Waals surface area (Å²) in [6.45, 7) is 4.29. The molecule has 3 heteroatoms. The predicted octanol–water partition coefficient (Wildman–Crippen LogP) is 1.64. The highest BCUT2D eigenvalue weighted by Gasteiger charge is 2.21. The number of hydrogen-bond acceptors (Lipinski definition) is 3. The minimum atomic E-state index is 0.556. The van der Waals surface area contributed by atoms with E-state index in [0.29, 0.717) is 6.04 Å². The highest BCUT2D eigenvalue weighted by Crippen LogP contribution is 2.29. The lowest BCUT2D eigenvalue weighted by atomic mass is 9.86. The van der Waals surface area contributed by atoms with E-state index < -0.39 is 0 Å². The molecule has 3 nitrogen and oxygen atoms in total. The van der Waals surface area contributed by atoms with Gasteiger partial charge in [-0.25, -0.2) is 0 Å². The van der Waals surface area contributed by atoms with E-state index >= 15 is 0 Å². The van der Waals surface area contributed by atoms with Gasteiger partial charge in [-0.3, -0.25) is 0 Å². The summed E-state index contributed by atoms with van der Waals surface area (Å²) in [6.07, 6.45) is 4.73. The van der Waals surface area contributed by atoms with E-state index in [4.69, 9.17) is 0 Å². The molecule has 2 aliphatic rings. The molecule has 0 aliphatic carbocycles. The molecule has 1 aromatic carbocycles. The minimum Gasteiger partial charge on any atom is -0.318 e. The van der Waals surface area contributed by atoms with Gasteiger partial charge in [-0.2, -0.15) is 0 Å². The summed E-state index contributed by atoms with van der Waals surface area (Å²) in [5, 5.41) is 6.91. The number of fused-ring (bicyclic) bond motifs is 1. The van der Waals surface area contributed by atoms with Crippen LogP contribution in [0.2, 0.25) is 0 Å². The van der Waals surface area contributed by atoms with E-state index in [0.717, 1.165) is 26.1 Å². The fraction of sp³-hybridized carbons (Fsp3) is 0.529. The average molecular weight is 271 g/mol. The maximum atomic E-state index is 3.62. The Labute approximate surface area is 122 Å². The highest BCUT2D eigenvalue weighted by molar-refractivity contribution is 5.70. The zero-order valence-electron chi connectivity index (χ0n) is 12.6. The monoisotopic (exact) mass is 271 g/mol. The molecule has 1 aromatic rings. The molecule has 0 aromatic heterocycles. The van der Waals surface area contributed by atoms with Gasteiger partial charge in [0, 0.05) is 32.2 Å². The SMILES string of the molecule is CNCC1Cc2c(cccc2C2=CCN(C)CC2)CN1. The van der Waals surface area contributed by atoms with Crippen molar-refractivity contribution in [2.75, 3.05) is 33.7 Å². The molecule has 0 radical (unpaired) electrons. The minimum absolute atomic E-state index is 0.556. The number of nitrogens with zero attached hydrogens (tertiary/aromatic N) is 1. The molecule has 0 spiro atoms.